The molecule has 21 heavy (non-hydrogen) atoms. The first kappa shape index (κ1) is 13.7. The standard InChI is InChI=1S/C16H17NO4/c1-21-14-4-2-3-12-13(18)7-11(8-15(19)20)17(16(12)14)9-10-5-6-10/h2-4,7,10H,5-6,8-9H2,1H3,(H,19,20). The lowest BCUT2D eigenvalue weighted by Gasteiger charge is -2.17. The normalized spacial score (nSPS) is 14.3. The van der Waals surface area contributed by atoms with Crippen molar-refractivity contribution in [2.24, 2.45) is 5.92 Å². The summed E-state index contributed by atoms with van der Waals surface area (Å²) >= 11 is 0. The van der Waals surface area contributed by atoms with Gasteiger partial charge in [0.15, 0.2) is 5.43 Å². The molecule has 1 saturated carbocycles. The zero-order valence-corrected chi connectivity index (χ0v) is 11.8. The van der Waals surface area contributed by atoms with Gasteiger partial charge in [-0.25, -0.2) is 0 Å². The maximum Gasteiger partial charge on any atom is 0.309 e. The number of methoxy groups -OCH3 is 1. The zero-order chi connectivity index (χ0) is 15.0. The molecule has 0 unspecified atom stereocenters. The SMILES string of the molecule is COc1cccc2c(=O)cc(CC(=O)O)n(CC3CC3)c12. The summed E-state index contributed by atoms with van der Waals surface area (Å²) < 4.78 is 7.32. The van der Waals surface area contributed by atoms with Crippen molar-refractivity contribution >= 4 is 16.9 Å². The van der Waals surface area contributed by atoms with Gasteiger partial charge in [0.25, 0.3) is 0 Å². The van der Waals surface area contributed by atoms with Gasteiger partial charge in [-0.1, -0.05) is 6.07 Å². The highest BCUT2D eigenvalue weighted by Crippen LogP contribution is 2.34. The Hall–Kier alpha value is -2.30. The number of benzene rings is 1. The predicted octanol–water partition coefficient (Wildman–Crippen LogP) is 2.05. The zero-order valence-electron chi connectivity index (χ0n) is 11.8. The van der Waals surface area contributed by atoms with Crippen LogP contribution < -0.4 is 10.2 Å². The van der Waals surface area contributed by atoms with Gasteiger partial charge in [-0.05, 0) is 30.9 Å². The highest BCUT2D eigenvalue weighted by molar-refractivity contribution is 5.86. The molecule has 0 spiro atoms. The molecule has 1 N–H and O–H groups in total. The Morgan fingerprint density at radius 3 is 2.81 bits per heavy atom. The summed E-state index contributed by atoms with van der Waals surface area (Å²) in [6.45, 7) is 0.736. The molecule has 0 radical (unpaired) electrons. The van der Waals surface area contributed by atoms with Crippen molar-refractivity contribution in [3.63, 3.8) is 0 Å². The van der Waals surface area contributed by atoms with Crippen LogP contribution >= 0.6 is 0 Å². The summed E-state index contributed by atoms with van der Waals surface area (Å²) in [5.41, 5.74) is 1.08. The maximum absolute atomic E-state index is 12.2. The number of pyridine rings is 1. The molecule has 0 atom stereocenters. The average molecular weight is 287 g/mol. The second kappa shape index (κ2) is 5.24. The van der Waals surface area contributed by atoms with E-state index in [0.717, 1.165) is 19.4 Å². The minimum absolute atomic E-state index is 0.157. The summed E-state index contributed by atoms with van der Waals surface area (Å²) in [4.78, 5) is 23.3. The molecule has 1 aliphatic rings. The van der Waals surface area contributed by atoms with E-state index in [-0.39, 0.29) is 11.8 Å². The summed E-state index contributed by atoms with van der Waals surface area (Å²) in [7, 11) is 1.56. The van der Waals surface area contributed by atoms with Crippen LogP contribution in [0.25, 0.3) is 10.9 Å². The molecule has 5 heteroatoms. The number of carboxylic acids is 1. The van der Waals surface area contributed by atoms with Gasteiger partial charge in [-0.2, -0.15) is 0 Å². The lowest BCUT2D eigenvalue weighted by molar-refractivity contribution is -0.136. The molecular formula is C16H17NO4. The Labute approximate surface area is 121 Å². The van der Waals surface area contributed by atoms with Crippen molar-refractivity contribution in [3.8, 4) is 5.75 Å². The molecule has 5 nitrogen and oxygen atoms in total. The predicted molar refractivity (Wildman–Crippen MR) is 78.8 cm³/mol. The highest BCUT2D eigenvalue weighted by Gasteiger charge is 2.25. The van der Waals surface area contributed by atoms with Crippen LogP contribution in [-0.2, 0) is 17.8 Å². The molecule has 0 aliphatic heterocycles. The monoisotopic (exact) mass is 287 g/mol. The fourth-order valence-corrected chi connectivity index (χ4v) is 2.68. The Balaban J connectivity index is 2.29. The number of carboxylic acid groups (broad SMARTS) is 1. The van der Waals surface area contributed by atoms with E-state index in [1.165, 1.54) is 6.07 Å². The molecule has 1 heterocycles. The summed E-state index contributed by atoms with van der Waals surface area (Å²) in [5.74, 6) is 0.235. The molecule has 0 amide bonds. The number of hydrogen-bond acceptors (Lipinski definition) is 3. The van der Waals surface area contributed by atoms with Crippen LogP contribution in [0, 0.1) is 5.92 Å². The number of ether oxygens (including phenoxy) is 1. The smallest absolute Gasteiger partial charge is 0.309 e. The quantitative estimate of drug-likeness (QED) is 0.913. The van der Waals surface area contributed by atoms with Crippen molar-refractivity contribution in [1.29, 1.82) is 0 Å². The highest BCUT2D eigenvalue weighted by atomic mass is 16.5. The van der Waals surface area contributed by atoms with Crippen LogP contribution in [0.1, 0.15) is 18.5 Å². The Kier molecular flexibility index (Phi) is 3.41. The van der Waals surface area contributed by atoms with Crippen LogP contribution in [-0.4, -0.2) is 22.8 Å². The average Bonchev–Trinajstić information content (AvgIpc) is 3.25. The van der Waals surface area contributed by atoms with Gasteiger partial charge in [0.2, 0.25) is 0 Å². The van der Waals surface area contributed by atoms with Gasteiger partial charge in [-0.15, -0.1) is 0 Å². The number of aromatic nitrogens is 1. The molecule has 0 bridgehead atoms. The minimum Gasteiger partial charge on any atom is -0.495 e. The number of carbonyl (C=O) groups is 1. The van der Waals surface area contributed by atoms with Crippen molar-refractivity contribution in [3.05, 3.63) is 40.2 Å². The number of nitrogens with zero attached hydrogens (tertiary/aromatic N) is 1. The third kappa shape index (κ3) is 2.63. The number of fused-ring (bicyclic) bond motifs is 1. The van der Waals surface area contributed by atoms with E-state index >= 15 is 0 Å². The van der Waals surface area contributed by atoms with Gasteiger partial charge in [0.1, 0.15) is 5.75 Å². The number of hydrogen-bond donors (Lipinski definition) is 1. The fourth-order valence-electron chi connectivity index (χ4n) is 2.68. The van der Waals surface area contributed by atoms with Crippen LogP contribution in [0.15, 0.2) is 29.1 Å². The maximum atomic E-state index is 12.2. The first-order valence-corrected chi connectivity index (χ1v) is 7.01. The summed E-state index contributed by atoms with van der Waals surface area (Å²) in [6.07, 6.45) is 2.14. The van der Waals surface area contributed by atoms with E-state index in [9.17, 15) is 9.59 Å². The van der Waals surface area contributed by atoms with Crippen molar-refractivity contribution in [1.82, 2.24) is 4.57 Å². The molecule has 2 aromatic rings. The molecule has 3 rings (SSSR count). The Bertz CT molecular complexity index is 759. The lowest BCUT2D eigenvalue weighted by Crippen LogP contribution is -2.18. The van der Waals surface area contributed by atoms with Gasteiger partial charge >= 0.3 is 5.97 Å². The van der Waals surface area contributed by atoms with Crippen LogP contribution in [0.2, 0.25) is 0 Å². The topological polar surface area (TPSA) is 68.5 Å². The molecule has 1 aromatic carbocycles. The van der Waals surface area contributed by atoms with E-state index in [2.05, 4.69) is 0 Å². The van der Waals surface area contributed by atoms with Crippen molar-refractivity contribution in [2.75, 3.05) is 7.11 Å². The van der Waals surface area contributed by atoms with Gasteiger partial charge < -0.3 is 14.4 Å². The molecule has 110 valence electrons. The molecular weight excluding hydrogens is 270 g/mol. The molecule has 1 aliphatic carbocycles. The number of aliphatic carboxylic acids is 1. The van der Waals surface area contributed by atoms with Crippen molar-refractivity contribution in [2.45, 2.75) is 25.8 Å². The lowest BCUT2D eigenvalue weighted by atomic mass is 10.1. The van der Waals surface area contributed by atoms with Crippen LogP contribution in [0.3, 0.4) is 0 Å². The summed E-state index contributed by atoms with van der Waals surface area (Å²) in [6, 6.07) is 6.78. The van der Waals surface area contributed by atoms with Crippen LogP contribution in [0.5, 0.6) is 5.75 Å². The second-order valence-electron chi connectivity index (χ2n) is 5.48. The van der Waals surface area contributed by atoms with E-state index < -0.39 is 5.97 Å². The first-order valence-electron chi connectivity index (χ1n) is 7.01. The number of rotatable bonds is 5. The molecule has 1 fully saturated rings. The van der Waals surface area contributed by atoms with E-state index in [4.69, 9.17) is 9.84 Å². The van der Waals surface area contributed by atoms with Crippen molar-refractivity contribution < 1.29 is 14.6 Å². The van der Waals surface area contributed by atoms with E-state index in [1.807, 2.05) is 4.57 Å². The Morgan fingerprint density at radius 1 is 1.43 bits per heavy atom. The number of para-hydroxylation sites is 1. The Morgan fingerprint density at radius 2 is 2.19 bits per heavy atom. The minimum atomic E-state index is -0.937. The second-order valence-corrected chi connectivity index (χ2v) is 5.48. The van der Waals surface area contributed by atoms with Gasteiger partial charge in [0.05, 0.1) is 19.0 Å². The molecule has 0 saturated heterocycles. The van der Waals surface area contributed by atoms with E-state index in [0.29, 0.717) is 28.3 Å². The largest absolute Gasteiger partial charge is 0.495 e. The van der Waals surface area contributed by atoms with Crippen LogP contribution in [0.4, 0.5) is 0 Å². The summed E-state index contributed by atoms with van der Waals surface area (Å²) in [5, 5.41) is 9.66. The third-order valence-corrected chi connectivity index (χ3v) is 3.87. The molecule has 1 aromatic heterocycles. The van der Waals surface area contributed by atoms with Gasteiger partial charge in [-0.3, -0.25) is 9.59 Å². The van der Waals surface area contributed by atoms with Gasteiger partial charge in [0, 0.05) is 23.7 Å². The van der Waals surface area contributed by atoms with E-state index in [1.54, 1.807) is 25.3 Å². The third-order valence-electron chi connectivity index (χ3n) is 3.87. The fraction of sp³-hybridized carbons (Fsp3) is 0.375. The first-order chi connectivity index (χ1) is 10.1.